The number of rotatable bonds is 6. The molecule has 0 bridgehead atoms. The fourth-order valence-electron chi connectivity index (χ4n) is 3.24. The molecule has 0 aromatic heterocycles. The molecule has 0 radical (unpaired) electrons. The lowest BCUT2D eigenvalue weighted by atomic mass is 9.83. The first-order valence-corrected chi connectivity index (χ1v) is 10.2. The quantitative estimate of drug-likeness (QED) is 0.815. The molecule has 0 aliphatic carbocycles. The molecule has 5 heteroatoms. The molecule has 1 heterocycles. The van der Waals surface area contributed by atoms with E-state index < -0.39 is 9.84 Å². The van der Waals surface area contributed by atoms with Gasteiger partial charge in [0.25, 0.3) is 0 Å². The van der Waals surface area contributed by atoms with Crippen molar-refractivity contribution < 1.29 is 8.42 Å². The van der Waals surface area contributed by atoms with Crippen LogP contribution in [0.4, 0.5) is 0 Å². The lowest BCUT2D eigenvalue weighted by Crippen LogP contribution is -2.60. The Balaban J connectivity index is 2.65. The van der Waals surface area contributed by atoms with E-state index in [1.165, 1.54) is 12.7 Å². The zero-order chi connectivity index (χ0) is 16.3. The van der Waals surface area contributed by atoms with Gasteiger partial charge in [0.2, 0.25) is 0 Å². The monoisotopic (exact) mass is 318 g/mol. The van der Waals surface area contributed by atoms with Gasteiger partial charge in [-0.05, 0) is 30.7 Å². The molecule has 0 saturated carbocycles. The predicted octanol–water partition coefficient (Wildman–Crippen LogP) is 2.16. The Bertz CT molecular complexity index is 412. The van der Waals surface area contributed by atoms with Crippen molar-refractivity contribution in [2.24, 2.45) is 11.3 Å². The zero-order valence-electron chi connectivity index (χ0n) is 14.6. The second-order valence-electron chi connectivity index (χ2n) is 8.09. The molecule has 0 spiro atoms. The molecule has 1 fully saturated rings. The smallest absolute Gasteiger partial charge is 0.147 e. The van der Waals surface area contributed by atoms with Gasteiger partial charge in [-0.25, -0.2) is 8.42 Å². The Hall–Kier alpha value is -0.130. The highest BCUT2D eigenvalue weighted by atomic mass is 32.2. The van der Waals surface area contributed by atoms with Crippen LogP contribution in [0.25, 0.3) is 0 Å². The van der Waals surface area contributed by atoms with E-state index >= 15 is 0 Å². The van der Waals surface area contributed by atoms with Gasteiger partial charge in [-0.1, -0.05) is 34.6 Å². The minimum Gasteiger partial charge on any atom is -0.311 e. The summed E-state index contributed by atoms with van der Waals surface area (Å²) in [7, 11) is -2.85. The van der Waals surface area contributed by atoms with Crippen LogP contribution in [0.3, 0.4) is 0 Å². The maximum atomic E-state index is 11.3. The standard InChI is InChI=1S/C16H34N2O2S/c1-13(2)10-14-12-18(8-7-9-21(6,19)20)15(11-17-14)16(3,4)5/h13-15,17H,7-12H2,1-6H3. The van der Waals surface area contributed by atoms with Crippen LogP contribution >= 0.6 is 0 Å². The average molecular weight is 319 g/mol. The van der Waals surface area contributed by atoms with Crippen molar-refractivity contribution in [3.63, 3.8) is 0 Å². The number of hydrogen-bond donors (Lipinski definition) is 1. The van der Waals surface area contributed by atoms with Gasteiger partial charge in [0, 0.05) is 31.4 Å². The van der Waals surface area contributed by atoms with Crippen LogP contribution in [-0.2, 0) is 9.84 Å². The lowest BCUT2D eigenvalue weighted by molar-refractivity contribution is 0.0518. The van der Waals surface area contributed by atoms with Crippen LogP contribution in [0.15, 0.2) is 0 Å². The van der Waals surface area contributed by atoms with Crippen molar-refractivity contribution in [3.8, 4) is 0 Å². The largest absolute Gasteiger partial charge is 0.311 e. The van der Waals surface area contributed by atoms with Crippen molar-refractivity contribution >= 4 is 9.84 Å². The summed E-state index contributed by atoms with van der Waals surface area (Å²) in [6.45, 7) is 14.2. The normalized spacial score (nSPS) is 25.5. The van der Waals surface area contributed by atoms with Crippen molar-refractivity contribution in [2.45, 2.75) is 59.5 Å². The summed E-state index contributed by atoms with van der Waals surface area (Å²) >= 11 is 0. The molecule has 1 aliphatic rings. The molecular weight excluding hydrogens is 284 g/mol. The molecule has 1 N–H and O–H groups in total. The van der Waals surface area contributed by atoms with Gasteiger partial charge < -0.3 is 5.32 Å². The van der Waals surface area contributed by atoms with Gasteiger partial charge in [-0.3, -0.25) is 4.90 Å². The number of sulfone groups is 1. The first kappa shape index (κ1) is 18.9. The highest BCUT2D eigenvalue weighted by Crippen LogP contribution is 2.27. The Labute approximate surface area is 131 Å². The topological polar surface area (TPSA) is 49.4 Å². The second kappa shape index (κ2) is 7.42. The molecule has 2 atom stereocenters. The summed E-state index contributed by atoms with van der Waals surface area (Å²) in [5.74, 6) is 0.981. The summed E-state index contributed by atoms with van der Waals surface area (Å²) < 4.78 is 22.7. The predicted molar refractivity (Wildman–Crippen MR) is 90.4 cm³/mol. The van der Waals surface area contributed by atoms with Crippen LogP contribution in [-0.4, -0.2) is 57.0 Å². The average Bonchev–Trinajstić information content (AvgIpc) is 2.24. The molecule has 4 nitrogen and oxygen atoms in total. The molecule has 21 heavy (non-hydrogen) atoms. The van der Waals surface area contributed by atoms with E-state index in [1.807, 2.05) is 0 Å². The molecule has 0 aromatic carbocycles. The van der Waals surface area contributed by atoms with Crippen LogP contribution in [0.5, 0.6) is 0 Å². The molecule has 0 aromatic rings. The van der Waals surface area contributed by atoms with Gasteiger partial charge in [-0.2, -0.15) is 0 Å². The van der Waals surface area contributed by atoms with Crippen molar-refractivity contribution in [1.29, 1.82) is 0 Å². The molecule has 2 unspecified atom stereocenters. The highest BCUT2D eigenvalue weighted by molar-refractivity contribution is 7.90. The van der Waals surface area contributed by atoms with Crippen molar-refractivity contribution in [1.82, 2.24) is 10.2 Å². The van der Waals surface area contributed by atoms with Crippen molar-refractivity contribution in [3.05, 3.63) is 0 Å². The molecule has 1 rings (SSSR count). The number of nitrogens with zero attached hydrogens (tertiary/aromatic N) is 1. The third-order valence-electron chi connectivity index (χ3n) is 4.21. The van der Waals surface area contributed by atoms with E-state index in [0.717, 1.165) is 26.1 Å². The minimum atomic E-state index is -2.85. The summed E-state index contributed by atoms with van der Waals surface area (Å²) in [5, 5.41) is 3.68. The van der Waals surface area contributed by atoms with Crippen LogP contribution < -0.4 is 5.32 Å². The third kappa shape index (κ3) is 7.11. The first-order valence-electron chi connectivity index (χ1n) is 8.14. The Morgan fingerprint density at radius 3 is 2.38 bits per heavy atom. The van der Waals surface area contributed by atoms with Gasteiger partial charge in [-0.15, -0.1) is 0 Å². The van der Waals surface area contributed by atoms with E-state index in [4.69, 9.17) is 0 Å². The Kier molecular flexibility index (Phi) is 6.69. The fourth-order valence-corrected chi connectivity index (χ4v) is 3.89. The van der Waals surface area contributed by atoms with Gasteiger partial charge in [0.05, 0.1) is 5.75 Å². The summed E-state index contributed by atoms with van der Waals surface area (Å²) in [6, 6.07) is 1.00. The van der Waals surface area contributed by atoms with E-state index in [1.54, 1.807) is 0 Å². The van der Waals surface area contributed by atoms with Crippen molar-refractivity contribution in [2.75, 3.05) is 31.6 Å². The van der Waals surface area contributed by atoms with Crippen LogP contribution in [0.2, 0.25) is 0 Å². The van der Waals surface area contributed by atoms with E-state index in [2.05, 4.69) is 44.8 Å². The molecule has 126 valence electrons. The first-order chi connectivity index (χ1) is 9.49. The molecule has 1 saturated heterocycles. The third-order valence-corrected chi connectivity index (χ3v) is 5.24. The number of piperazine rings is 1. The fraction of sp³-hybridized carbons (Fsp3) is 1.00. The van der Waals surface area contributed by atoms with Gasteiger partial charge in [0.15, 0.2) is 0 Å². The SMILES string of the molecule is CC(C)CC1CN(CCCS(C)(=O)=O)C(C(C)(C)C)CN1. The van der Waals surface area contributed by atoms with Gasteiger partial charge in [0.1, 0.15) is 9.84 Å². The van der Waals surface area contributed by atoms with E-state index in [9.17, 15) is 8.42 Å². The maximum Gasteiger partial charge on any atom is 0.147 e. The Morgan fingerprint density at radius 1 is 1.29 bits per heavy atom. The second-order valence-corrected chi connectivity index (χ2v) is 10.4. The summed E-state index contributed by atoms with van der Waals surface area (Å²) in [6.07, 6.45) is 3.24. The van der Waals surface area contributed by atoms with Crippen LogP contribution in [0.1, 0.15) is 47.5 Å². The van der Waals surface area contributed by atoms with Crippen LogP contribution in [0, 0.1) is 11.3 Å². The summed E-state index contributed by atoms with van der Waals surface area (Å²) in [4.78, 5) is 2.51. The number of nitrogens with one attached hydrogen (secondary N) is 1. The Morgan fingerprint density at radius 2 is 1.90 bits per heavy atom. The lowest BCUT2D eigenvalue weighted by Gasteiger charge is -2.47. The molecule has 1 aliphatic heterocycles. The number of hydrogen-bond acceptors (Lipinski definition) is 4. The molecular formula is C16H34N2O2S. The van der Waals surface area contributed by atoms with E-state index in [-0.39, 0.29) is 5.41 Å². The maximum absolute atomic E-state index is 11.3. The van der Waals surface area contributed by atoms with E-state index in [0.29, 0.717) is 23.8 Å². The minimum absolute atomic E-state index is 0.209. The highest BCUT2D eigenvalue weighted by Gasteiger charge is 2.35. The van der Waals surface area contributed by atoms with Gasteiger partial charge >= 0.3 is 0 Å². The zero-order valence-corrected chi connectivity index (χ0v) is 15.5. The molecule has 0 amide bonds. The summed E-state index contributed by atoms with van der Waals surface area (Å²) in [5.41, 5.74) is 0.209.